The first-order valence-corrected chi connectivity index (χ1v) is 14.7. The average molecular weight is 549 g/mol. The van der Waals surface area contributed by atoms with Crippen molar-refractivity contribution in [3.8, 4) is 0 Å². The number of piperazine rings is 1. The second kappa shape index (κ2) is 12.5. The molecule has 1 fully saturated rings. The molecule has 0 spiro atoms. The number of benzene rings is 3. The second-order valence-corrected chi connectivity index (χ2v) is 11.9. The molecule has 206 valence electrons. The number of hydrogen-bond acceptors (Lipinski definition) is 5. The number of para-hydroxylation sites is 1. The Kier molecular flexibility index (Phi) is 9.16. The van der Waals surface area contributed by atoms with Crippen LogP contribution in [-0.2, 0) is 16.6 Å². The van der Waals surface area contributed by atoms with E-state index in [1.165, 1.54) is 4.31 Å². The third-order valence-electron chi connectivity index (χ3n) is 7.00. The van der Waals surface area contributed by atoms with Crippen LogP contribution in [0.25, 0.3) is 0 Å². The van der Waals surface area contributed by atoms with Crippen molar-refractivity contribution in [1.29, 1.82) is 0 Å². The van der Waals surface area contributed by atoms with Crippen molar-refractivity contribution < 1.29 is 18.0 Å². The zero-order valence-electron chi connectivity index (χ0n) is 22.7. The van der Waals surface area contributed by atoms with E-state index in [4.69, 9.17) is 0 Å². The summed E-state index contributed by atoms with van der Waals surface area (Å²) < 4.78 is 27.5. The Hall–Kier alpha value is -3.53. The van der Waals surface area contributed by atoms with Gasteiger partial charge in [-0.15, -0.1) is 0 Å². The summed E-state index contributed by atoms with van der Waals surface area (Å²) in [5.74, 6) is -0.521. The maximum atomic E-state index is 13.1. The summed E-state index contributed by atoms with van der Waals surface area (Å²) in [4.78, 5) is 28.3. The van der Waals surface area contributed by atoms with Crippen molar-refractivity contribution in [3.05, 3.63) is 95.1 Å². The molecule has 3 aromatic carbocycles. The van der Waals surface area contributed by atoms with Gasteiger partial charge in [-0.3, -0.25) is 14.5 Å². The highest BCUT2D eigenvalue weighted by Gasteiger charge is 2.28. The quantitative estimate of drug-likeness (QED) is 0.416. The molecule has 0 radical (unpaired) electrons. The third kappa shape index (κ3) is 7.11. The van der Waals surface area contributed by atoms with Gasteiger partial charge in [0.2, 0.25) is 10.0 Å². The van der Waals surface area contributed by atoms with Crippen LogP contribution in [0.3, 0.4) is 0 Å². The lowest BCUT2D eigenvalue weighted by molar-refractivity contribution is 0.0940. The van der Waals surface area contributed by atoms with E-state index in [2.05, 4.69) is 15.5 Å². The number of amides is 2. The third-order valence-corrected chi connectivity index (χ3v) is 8.91. The molecular formula is C30H36N4O4S. The SMILES string of the molecule is CCC(C)NC(=O)c1ccccc1NC(=O)c1cccc(CN2CCN(S(=O)(=O)c3ccc(C)cc3)CC2)c1. The Morgan fingerprint density at radius 3 is 2.28 bits per heavy atom. The van der Waals surface area contributed by atoms with Gasteiger partial charge in [0.1, 0.15) is 0 Å². The lowest BCUT2D eigenvalue weighted by Gasteiger charge is -2.34. The highest BCUT2D eigenvalue weighted by Crippen LogP contribution is 2.20. The molecule has 1 aliphatic rings. The topological polar surface area (TPSA) is 98.8 Å². The summed E-state index contributed by atoms with van der Waals surface area (Å²) in [6.45, 7) is 8.48. The fourth-order valence-corrected chi connectivity index (χ4v) is 5.87. The van der Waals surface area contributed by atoms with Gasteiger partial charge < -0.3 is 10.6 Å². The minimum absolute atomic E-state index is 0.0301. The van der Waals surface area contributed by atoms with Crippen LogP contribution in [0.1, 0.15) is 52.1 Å². The van der Waals surface area contributed by atoms with Gasteiger partial charge >= 0.3 is 0 Å². The average Bonchev–Trinajstić information content (AvgIpc) is 2.94. The number of aryl methyl sites for hydroxylation is 1. The molecule has 9 heteroatoms. The van der Waals surface area contributed by atoms with Crippen LogP contribution in [-0.4, -0.2) is 61.7 Å². The smallest absolute Gasteiger partial charge is 0.255 e. The van der Waals surface area contributed by atoms with Crippen LogP contribution in [0.15, 0.2) is 77.7 Å². The van der Waals surface area contributed by atoms with Crippen molar-refractivity contribution in [2.75, 3.05) is 31.5 Å². The molecule has 1 saturated heterocycles. The van der Waals surface area contributed by atoms with Crippen molar-refractivity contribution in [1.82, 2.24) is 14.5 Å². The van der Waals surface area contributed by atoms with Crippen LogP contribution < -0.4 is 10.6 Å². The fourth-order valence-electron chi connectivity index (χ4n) is 4.44. The molecule has 1 heterocycles. The Labute approximate surface area is 231 Å². The predicted octanol–water partition coefficient (Wildman–Crippen LogP) is 4.28. The molecule has 0 saturated carbocycles. The molecule has 0 aromatic heterocycles. The summed E-state index contributed by atoms with van der Waals surface area (Å²) in [5, 5.41) is 5.83. The zero-order valence-corrected chi connectivity index (χ0v) is 23.5. The van der Waals surface area contributed by atoms with Gasteiger partial charge in [-0.25, -0.2) is 8.42 Å². The van der Waals surface area contributed by atoms with Crippen molar-refractivity contribution in [2.45, 2.75) is 44.7 Å². The predicted molar refractivity (Wildman–Crippen MR) is 153 cm³/mol. The molecule has 1 unspecified atom stereocenters. The van der Waals surface area contributed by atoms with Crippen LogP contribution in [0.5, 0.6) is 0 Å². The van der Waals surface area contributed by atoms with Crippen molar-refractivity contribution in [3.63, 3.8) is 0 Å². The van der Waals surface area contributed by atoms with Gasteiger partial charge in [-0.1, -0.05) is 48.9 Å². The first-order valence-electron chi connectivity index (χ1n) is 13.3. The first-order chi connectivity index (χ1) is 18.7. The Morgan fingerprint density at radius 1 is 0.897 bits per heavy atom. The molecule has 1 aliphatic heterocycles. The van der Waals surface area contributed by atoms with E-state index >= 15 is 0 Å². The normalized spacial score (nSPS) is 15.5. The number of hydrogen-bond donors (Lipinski definition) is 2. The van der Waals surface area contributed by atoms with Gasteiger partial charge in [0.15, 0.2) is 0 Å². The molecule has 8 nitrogen and oxygen atoms in total. The van der Waals surface area contributed by atoms with E-state index in [0.717, 1.165) is 17.5 Å². The van der Waals surface area contributed by atoms with E-state index in [0.29, 0.717) is 54.4 Å². The Morgan fingerprint density at radius 2 is 1.59 bits per heavy atom. The molecule has 1 atom stereocenters. The standard InChI is InChI=1S/C30H36N4O4S/c1-4-23(3)31-30(36)27-10-5-6-11-28(27)32-29(35)25-9-7-8-24(20-25)21-33-16-18-34(19-17-33)39(37,38)26-14-12-22(2)13-15-26/h5-15,20,23H,4,16-19,21H2,1-3H3,(H,31,36)(H,32,35). The van der Waals surface area contributed by atoms with Crippen molar-refractivity contribution in [2.24, 2.45) is 0 Å². The van der Waals surface area contributed by atoms with Gasteiger partial charge in [0.05, 0.1) is 16.1 Å². The van der Waals surface area contributed by atoms with Gasteiger partial charge in [0, 0.05) is 44.3 Å². The summed E-state index contributed by atoms with van der Waals surface area (Å²) >= 11 is 0. The number of carbonyl (C=O) groups is 2. The summed E-state index contributed by atoms with van der Waals surface area (Å²) in [7, 11) is -3.52. The largest absolute Gasteiger partial charge is 0.350 e. The van der Waals surface area contributed by atoms with E-state index in [-0.39, 0.29) is 17.9 Å². The summed E-state index contributed by atoms with van der Waals surface area (Å²) in [6.07, 6.45) is 0.810. The molecule has 0 aliphatic carbocycles. The van der Waals surface area contributed by atoms with Crippen LogP contribution in [0, 0.1) is 6.92 Å². The number of nitrogens with zero attached hydrogens (tertiary/aromatic N) is 2. The van der Waals surface area contributed by atoms with Crippen LogP contribution in [0.2, 0.25) is 0 Å². The van der Waals surface area contributed by atoms with E-state index < -0.39 is 10.0 Å². The lowest BCUT2D eigenvalue weighted by Crippen LogP contribution is -2.48. The zero-order chi connectivity index (χ0) is 28.0. The molecule has 4 rings (SSSR count). The van der Waals surface area contributed by atoms with E-state index in [1.54, 1.807) is 42.5 Å². The molecule has 39 heavy (non-hydrogen) atoms. The van der Waals surface area contributed by atoms with Gasteiger partial charge in [0.25, 0.3) is 11.8 Å². The molecular weight excluding hydrogens is 512 g/mol. The summed E-state index contributed by atoms with van der Waals surface area (Å²) in [6, 6.07) is 21.3. The minimum Gasteiger partial charge on any atom is -0.350 e. The molecule has 2 amide bonds. The van der Waals surface area contributed by atoms with Gasteiger partial charge in [-0.05, 0) is 62.2 Å². The highest BCUT2D eigenvalue weighted by molar-refractivity contribution is 7.89. The van der Waals surface area contributed by atoms with Crippen LogP contribution in [0.4, 0.5) is 5.69 Å². The van der Waals surface area contributed by atoms with Crippen LogP contribution >= 0.6 is 0 Å². The number of rotatable bonds is 9. The number of sulfonamides is 1. The fraction of sp³-hybridized carbons (Fsp3) is 0.333. The minimum atomic E-state index is -3.52. The maximum Gasteiger partial charge on any atom is 0.255 e. The maximum absolute atomic E-state index is 13.1. The number of anilines is 1. The molecule has 0 bridgehead atoms. The van der Waals surface area contributed by atoms with Crippen molar-refractivity contribution >= 4 is 27.5 Å². The van der Waals surface area contributed by atoms with E-state index in [9.17, 15) is 18.0 Å². The Bertz CT molecular complexity index is 1410. The molecule has 2 N–H and O–H groups in total. The van der Waals surface area contributed by atoms with Gasteiger partial charge in [-0.2, -0.15) is 4.31 Å². The van der Waals surface area contributed by atoms with E-state index in [1.807, 2.05) is 51.1 Å². The number of carbonyl (C=O) groups excluding carboxylic acids is 2. The lowest BCUT2D eigenvalue weighted by atomic mass is 10.1. The molecule has 3 aromatic rings. The monoisotopic (exact) mass is 548 g/mol. The summed E-state index contributed by atoms with van der Waals surface area (Å²) in [5.41, 5.74) is 3.34. The highest BCUT2D eigenvalue weighted by atomic mass is 32.2. The first kappa shape index (κ1) is 28.5. The Balaban J connectivity index is 1.37. The number of nitrogens with one attached hydrogen (secondary N) is 2. The second-order valence-electron chi connectivity index (χ2n) is 9.98.